The van der Waals surface area contributed by atoms with Gasteiger partial charge in [-0.25, -0.2) is 0 Å². The van der Waals surface area contributed by atoms with E-state index in [0.29, 0.717) is 37.2 Å². The summed E-state index contributed by atoms with van der Waals surface area (Å²) in [7, 11) is 1.41. The molecule has 0 radical (unpaired) electrons. The molecule has 0 aromatic carbocycles. The van der Waals surface area contributed by atoms with Crippen LogP contribution in [0.25, 0.3) is 0 Å². The normalized spacial score (nSPS) is 43.2. The number of hydrogen-bond donors (Lipinski definition) is 0. The third kappa shape index (κ3) is 3.95. The van der Waals surface area contributed by atoms with Gasteiger partial charge in [-0.1, -0.05) is 20.8 Å². The van der Waals surface area contributed by atoms with Crippen LogP contribution in [0.5, 0.6) is 0 Å². The van der Waals surface area contributed by atoms with Crippen molar-refractivity contribution in [3.05, 3.63) is 0 Å². The van der Waals surface area contributed by atoms with E-state index in [0.717, 1.165) is 32.1 Å². The highest BCUT2D eigenvalue weighted by Crippen LogP contribution is 2.67. The number of methoxy groups -OCH3 is 1. The van der Waals surface area contributed by atoms with Gasteiger partial charge in [0.1, 0.15) is 17.7 Å². The Morgan fingerprint density at radius 1 is 1.12 bits per heavy atom. The molecule has 0 aromatic rings. The molecule has 0 aliphatic heterocycles. The predicted octanol–water partition coefficient (Wildman–Crippen LogP) is 4.52. The molecule has 9 atom stereocenters. The summed E-state index contributed by atoms with van der Waals surface area (Å²) in [5.74, 6) is 1.28. The minimum Gasteiger partial charge on any atom is -0.469 e. The Kier molecular flexibility index (Phi) is 6.52. The maximum absolute atomic E-state index is 13.9. The predicted molar refractivity (Wildman–Crippen MR) is 122 cm³/mol. The summed E-state index contributed by atoms with van der Waals surface area (Å²) in [6.07, 6.45) is 5.99. The largest absolute Gasteiger partial charge is 0.469 e. The maximum atomic E-state index is 13.9. The number of esters is 2. The monoisotopic (exact) mass is 460 g/mol. The molecule has 4 fully saturated rings. The SMILES string of the molecule is COC(=O)CC[C@@H](C)[C@H]1CC[C@H]2[C@@H]3[C@H](OC(C)=O)C[C@H]4CC(=O)CC[C@]4(C)[C@H]3CC(=O)[C@]12C. The lowest BCUT2D eigenvalue weighted by Crippen LogP contribution is -2.61. The quantitative estimate of drug-likeness (QED) is 0.561. The molecule has 6 nitrogen and oxygen atoms in total. The Morgan fingerprint density at radius 3 is 2.52 bits per heavy atom. The Labute approximate surface area is 197 Å². The van der Waals surface area contributed by atoms with Crippen molar-refractivity contribution in [1.29, 1.82) is 0 Å². The van der Waals surface area contributed by atoms with Crippen molar-refractivity contribution in [2.24, 2.45) is 46.3 Å². The van der Waals surface area contributed by atoms with Crippen molar-refractivity contribution in [3.8, 4) is 0 Å². The summed E-state index contributed by atoms with van der Waals surface area (Å²) < 4.78 is 10.8. The summed E-state index contributed by atoms with van der Waals surface area (Å²) in [6.45, 7) is 8.06. The van der Waals surface area contributed by atoms with E-state index in [1.54, 1.807) is 0 Å². The van der Waals surface area contributed by atoms with Gasteiger partial charge >= 0.3 is 11.9 Å². The number of Topliss-reactive ketones (excluding diaryl/α,β-unsaturated/α-hetero) is 2. The van der Waals surface area contributed by atoms with Gasteiger partial charge in [0, 0.05) is 43.9 Å². The standard InChI is InChI=1S/C27H40O6/c1-15(6-9-24(31)32-5)19-7-8-20-25-21(14-23(30)27(19,20)4)26(3)11-10-18(29)12-17(26)13-22(25)33-16(2)28/h15,17,19-22,25H,6-14H2,1-5H3/t15-,17-,19-,20+,21+,22-,25+,26+,27-/m1/s1. The molecule has 4 saturated carbocycles. The molecular formula is C27H40O6. The second-order valence-corrected chi connectivity index (χ2v) is 11.8. The van der Waals surface area contributed by atoms with Crippen LogP contribution in [-0.4, -0.2) is 36.7 Å². The first-order valence-corrected chi connectivity index (χ1v) is 12.8. The van der Waals surface area contributed by atoms with Gasteiger partial charge in [-0.05, 0) is 67.1 Å². The van der Waals surface area contributed by atoms with E-state index in [-0.39, 0.29) is 59.0 Å². The molecule has 4 rings (SSSR count). The van der Waals surface area contributed by atoms with Gasteiger partial charge < -0.3 is 9.47 Å². The molecule has 0 bridgehead atoms. The highest BCUT2D eigenvalue weighted by molar-refractivity contribution is 5.87. The van der Waals surface area contributed by atoms with Crippen LogP contribution in [0.2, 0.25) is 0 Å². The molecule has 4 aliphatic carbocycles. The lowest BCUT2D eigenvalue weighted by atomic mass is 9.43. The second kappa shape index (κ2) is 8.81. The molecule has 0 heterocycles. The second-order valence-electron chi connectivity index (χ2n) is 11.8. The number of ether oxygens (including phenoxy) is 2. The first kappa shape index (κ1) is 24.4. The van der Waals surface area contributed by atoms with E-state index in [1.807, 2.05) is 0 Å². The van der Waals surface area contributed by atoms with Crippen LogP contribution in [0.15, 0.2) is 0 Å². The third-order valence-corrected chi connectivity index (χ3v) is 10.4. The zero-order valence-corrected chi connectivity index (χ0v) is 20.9. The van der Waals surface area contributed by atoms with Crippen molar-refractivity contribution in [1.82, 2.24) is 0 Å². The fourth-order valence-corrected chi connectivity index (χ4v) is 8.63. The summed E-state index contributed by atoms with van der Waals surface area (Å²) in [5.41, 5.74) is -0.510. The summed E-state index contributed by atoms with van der Waals surface area (Å²) in [6, 6.07) is 0. The fourth-order valence-electron chi connectivity index (χ4n) is 8.63. The molecule has 33 heavy (non-hydrogen) atoms. The van der Waals surface area contributed by atoms with Crippen molar-refractivity contribution in [2.75, 3.05) is 7.11 Å². The smallest absolute Gasteiger partial charge is 0.305 e. The molecule has 184 valence electrons. The van der Waals surface area contributed by atoms with Gasteiger partial charge in [0.15, 0.2) is 0 Å². The van der Waals surface area contributed by atoms with Gasteiger partial charge in [0.2, 0.25) is 0 Å². The Balaban J connectivity index is 1.65. The molecule has 0 N–H and O–H groups in total. The van der Waals surface area contributed by atoms with Crippen LogP contribution in [0.3, 0.4) is 0 Å². The van der Waals surface area contributed by atoms with Crippen LogP contribution in [-0.2, 0) is 28.7 Å². The highest BCUT2D eigenvalue weighted by atomic mass is 16.5. The van der Waals surface area contributed by atoms with Gasteiger partial charge in [-0.3, -0.25) is 19.2 Å². The average Bonchev–Trinajstić information content (AvgIpc) is 3.11. The zero-order chi connectivity index (χ0) is 24.1. The van der Waals surface area contributed by atoms with Crippen LogP contribution in [0.1, 0.15) is 85.5 Å². The summed E-state index contributed by atoms with van der Waals surface area (Å²) >= 11 is 0. The summed E-state index contributed by atoms with van der Waals surface area (Å²) in [5, 5.41) is 0. The van der Waals surface area contributed by atoms with E-state index in [2.05, 4.69) is 20.8 Å². The number of rotatable bonds is 5. The molecule has 0 amide bonds. The molecule has 4 aliphatic rings. The van der Waals surface area contributed by atoms with E-state index in [9.17, 15) is 19.2 Å². The van der Waals surface area contributed by atoms with Crippen molar-refractivity contribution >= 4 is 23.5 Å². The average molecular weight is 461 g/mol. The van der Waals surface area contributed by atoms with Gasteiger partial charge in [-0.2, -0.15) is 0 Å². The Hall–Kier alpha value is -1.72. The molecule has 0 saturated heterocycles. The third-order valence-electron chi connectivity index (χ3n) is 10.4. The minimum absolute atomic E-state index is 0.0548. The number of carbonyl (C=O) groups is 4. The highest BCUT2D eigenvalue weighted by Gasteiger charge is 2.66. The first-order chi connectivity index (χ1) is 15.5. The molecule has 6 heteroatoms. The van der Waals surface area contributed by atoms with Crippen molar-refractivity contribution in [3.63, 3.8) is 0 Å². The zero-order valence-electron chi connectivity index (χ0n) is 20.9. The fraction of sp³-hybridized carbons (Fsp3) is 0.852. The van der Waals surface area contributed by atoms with Gasteiger partial charge in [-0.15, -0.1) is 0 Å². The maximum Gasteiger partial charge on any atom is 0.305 e. The van der Waals surface area contributed by atoms with Crippen molar-refractivity contribution in [2.45, 2.75) is 91.6 Å². The minimum atomic E-state index is -0.456. The number of hydrogen-bond acceptors (Lipinski definition) is 6. The summed E-state index contributed by atoms with van der Waals surface area (Å²) in [4.78, 5) is 50.0. The van der Waals surface area contributed by atoms with Crippen LogP contribution >= 0.6 is 0 Å². The lowest BCUT2D eigenvalue weighted by molar-refractivity contribution is -0.190. The van der Waals surface area contributed by atoms with Gasteiger partial charge in [0.05, 0.1) is 7.11 Å². The van der Waals surface area contributed by atoms with Crippen LogP contribution < -0.4 is 0 Å². The lowest BCUT2D eigenvalue weighted by Gasteiger charge is -2.61. The number of carbonyl (C=O) groups excluding carboxylic acids is 4. The van der Waals surface area contributed by atoms with E-state index >= 15 is 0 Å². The van der Waals surface area contributed by atoms with E-state index in [1.165, 1.54) is 14.0 Å². The number of ketones is 2. The molecule has 0 aromatic heterocycles. The molecular weight excluding hydrogens is 420 g/mol. The molecule has 0 unspecified atom stereocenters. The number of fused-ring (bicyclic) bond motifs is 5. The van der Waals surface area contributed by atoms with Crippen molar-refractivity contribution < 1.29 is 28.7 Å². The first-order valence-electron chi connectivity index (χ1n) is 12.8. The topological polar surface area (TPSA) is 86.7 Å². The van der Waals surface area contributed by atoms with Crippen LogP contribution in [0.4, 0.5) is 0 Å². The Bertz CT molecular complexity index is 834. The Morgan fingerprint density at radius 2 is 1.85 bits per heavy atom. The van der Waals surface area contributed by atoms with Crippen LogP contribution in [0, 0.1) is 46.3 Å². The van der Waals surface area contributed by atoms with Gasteiger partial charge in [0.25, 0.3) is 0 Å². The van der Waals surface area contributed by atoms with E-state index in [4.69, 9.17) is 9.47 Å². The van der Waals surface area contributed by atoms with E-state index < -0.39 is 5.41 Å². The molecule has 0 spiro atoms.